The standard InChI is InChI=1S/C13H15ClO5S/c1-8-5-10(6-12(9(8)2)20(14,16)17)13(15)19-11-3-4-18-7-11/h5-6,11H,3-4,7H2,1-2H3. The number of esters is 1. The summed E-state index contributed by atoms with van der Waals surface area (Å²) in [4.78, 5) is 12.0. The van der Waals surface area contributed by atoms with E-state index in [-0.39, 0.29) is 16.6 Å². The topological polar surface area (TPSA) is 69.7 Å². The van der Waals surface area contributed by atoms with Gasteiger partial charge in [0.15, 0.2) is 0 Å². The third-order valence-corrected chi connectivity index (χ3v) is 4.73. The minimum absolute atomic E-state index is 0.0613. The molecule has 0 bridgehead atoms. The largest absolute Gasteiger partial charge is 0.456 e. The van der Waals surface area contributed by atoms with E-state index in [2.05, 4.69) is 0 Å². The van der Waals surface area contributed by atoms with Crippen molar-refractivity contribution in [1.29, 1.82) is 0 Å². The van der Waals surface area contributed by atoms with Crippen LogP contribution in [0.2, 0.25) is 0 Å². The molecule has 1 heterocycles. The number of ether oxygens (including phenoxy) is 2. The van der Waals surface area contributed by atoms with Crippen molar-refractivity contribution in [3.63, 3.8) is 0 Å². The molecule has 0 spiro atoms. The minimum Gasteiger partial charge on any atom is -0.456 e. The Morgan fingerprint density at radius 1 is 1.40 bits per heavy atom. The van der Waals surface area contributed by atoms with Crippen molar-refractivity contribution >= 4 is 25.7 Å². The van der Waals surface area contributed by atoms with E-state index in [4.69, 9.17) is 20.2 Å². The highest BCUT2D eigenvalue weighted by Crippen LogP contribution is 2.25. The number of carbonyl (C=O) groups is 1. The Labute approximate surface area is 122 Å². The maximum absolute atomic E-state index is 12.0. The summed E-state index contributed by atoms with van der Waals surface area (Å²) < 4.78 is 33.4. The summed E-state index contributed by atoms with van der Waals surface area (Å²) in [6, 6.07) is 2.85. The first kappa shape index (κ1) is 15.3. The molecule has 110 valence electrons. The van der Waals surface area contributed by atoms with Crippen LogP contribution in [0.4, 0.5) is 0 Å². The van der Waals surface area contributed by atoms with Gasteiger partial charge in [-0.2, -0.15) is 0 Å². The fraction of sp³-hybridized carbons (Fsp3) is 0.462. The summed E-state index contributed by atoms with van der Waals surface area (Å²) in [5.41, 5.74) is 1.38. The normalized spacial score (nSPS) is 19.1. The van der Waals surface area contributed by atoms with E-state index in [0.29, 0.717) is 30.8 Å². The third kappa shape index (κ3) is 3.31. The molecule has 0 radical (unpaired) electrons. The van der Waals surface area contributed by atoms with Gasteiger partial charge in [-0.1, -0.05) is 0 Å². The summed E-state index contributed by atoms with van der Waals surface area (Å²) >= 11 is 0. The molecular formula is C13H15ClO5S. The summed E-state index contributed by atoms with van der Waals surface area (Å²) in [7, 11) is 1.48. The van der Waals surface area contributed by atoms with Gasteiger partial charge < -0.3 is 9.47 Å². The Kier molecular flexibility index (Phi) is 4.36. The zero-order valence-electron chi connectivity index (χ0n) is 11.2. The molecule has 1 aromatic carbocycles. The highest BCUT2D eigenvalue weighted by atomic mass is 35.7. The van der Waals surface area contributed by atoms with Gasteiger partial charge >= 0.3 is 5.97 Å². The monoisotopic (exact) mass is 318 g/mol. The molecule has 1 unspecified atom stereocenters. The number of aryl methyl sites for hydroxylation is 1. The molecule has 0 saturated carbocycles. The van der Waals surface area contributed by atoms with Crippen molar-refractivity contribution in [2.24, 2.45) is 0 Å². The zero-order chi connectivity index (χ0) is 14.9. The number of hydrogen-bond acceptors (Lipinski definition) is 5. The molecule has 0 aromatic heterocycles. The Balaban J connectivity index is 2.32. The quantitative estimate of drug-likeness (QED) is 0.631. The molecule has 1 saturated heterocycles. The summed E-state index contributed by atoms with van der Waals surface area (Å²) in [5.74, 6) is -0.565. The fourth-order valence-corrected chi connectivity index (χ4v) is 3.30. The van der Waals surface area contributed by atoms with E-state index in [1.54, 1.807) is 19.9 Å². The van der Waals surface area contributed by atoms with Crippen LogP contribution in [0.5, 0.6) is 0 Å². The van der Waals surface area contributed by atoms with Crippen molar-refractivity contribution in [2.45, 2.75) is 31.3 Å². The number of rotatable bonds is 3. The van der Waals surface area contributed by atoms with Crippen molar-refractivity contribution in [3.8, 4) is 0 Å². The zero-order valence-corrected chi connectivity index (χ0v) is 12.8. The Hall–Kier alpha value is -1.11. The van der Waals surface area contributed by atoms with Gasteiger partial charge in [0.05, 0.1) is 23.7 Å². The van der Waals surface area contributed by atoms with Crippen LogP contribution in [-0.4, -0.2) is 33.7 Å². The van der Waals surface area contributed by atoms with Crippen molar-refractivity contribution in [3.05, 3.63) is 28.8 Å². The first-order valence-corrected chi connectivity index (χ1v) is 8.44. The fourth-order valence-electron chi connectivity index (χ4n) is 2.02. The number of benzene rings is 1. The van der Waals surface area contributed by atoms with E-state index in [0.717, 1.165) is 0 Å². The van der Waals surface area contributed by atoms with E-state index in [1.165, 1.54) is 6.07 Å². The first-order valence-electron chi connectivity index (χ1n) is 6.13. The van der Waals surface area contributed by atoms with E-state index < -0.39 is 15.0 Å². The van der Waals surface area contributed by atoms with Crippen molar-refractivity contribution in [1.82, 2.24) is 0 Å². The molecule has 7 heteroatoms. The molecule has 1 fully saturated rings. The van der Waals surface area contributed by atoms with E-state index in [1.807, 2.05) is 0 Å². The van der Waals surface area contributed by atoms with Crippen LogP contribution in [0, 0.1) is 13.8 Å². The number of carbonyl (C=O) groups excluding carboxylic acids is 1. The second-order valence-corrected chi connectivity index (χ2v) is 7.28. The molecule has 0 N–H and O–H groups in total. The number of halogens is 1. The molecule has 1 atom stereocenters. The molecule has 0 aliphatic carbocycles. The highest BCUT2D eigenvalue weighted by Gasteiger charge is 2.23. The lowest BCUT2D eigenvalue weighted by molar-refractivity contribution is 0.0270. The highest BCUT2D eigenvalue weighted by molar-refractivity contribution is 8.13. The Morgan fingerprint density at radius 3 is 2.65 bits per heavy atom. The average Bonchev–Trinajstić information content (AvgIpc) is 2.83. The predicted octanol–water partition coefficient (Wildman–Crippen LogP) is 2.18. The van der Waals surface area contributed by atoms with Gasteiger partial charge in [0.2, 0.25) is 0 Å². The lowest BCUT2D eigenvalue weighted by Gasteiger charge is -2.12. The van der Waals surface area contributed by atoms with Gasteiger partial charge in [0.25, 0.3) is 9.05 Å². The maximum atomic E-state index is 12.0. The maximum Gasteiger partial charge on any atom is 0.338 e. The SMILES string of the molecule is Cc1cc(C(=O)OC2CCOC2)cc(S(=O)(=O)Cl)c1C. The summed E-state index contributed by atoms with van der Waals surface area (Å²) in [5, 5.41) is 0. The van der Waals surface area contributed by atoms with Crippen LogP contribution in [0.25, 0.3) is 0 Å². The molecule has 0 amide bonds. The molecular weight excluding hydrogens is 304 g/mol. The van der Waals surface area contributed by atoms with Crippen LogP contribution >= 0.6 is 10.7 Å². The molecule has 2 rings (SSSR count). The second-order valence-electron chi connectivity index (χ2n) is 4.75. The first-order chi connectivity index (χ1) is 9.29. The van der Waals surface area contributed by atoms with Crippen LogP contribution in [0.15, 0.2) is 17.0 Å². The van der Waals surface area contributed by atoms with Gasteiger partial charge in [-0.3, -0.25) is 0 Å². The van der Waals surface area contributed by atoms with Crippen LogP contribution in [0.3, 0.4) is 0 Å². The lowest BCUT2D eigenvalue weighted by atomic mass is 10.1. The summed E-state index contributed by atoms with van der Waals surface area (Å²) in [6.45, 7) is 4.30. The van der Waals surface area contributed by atoms with Gasteiger partial charge in [-0.25, -0.2) is 13.2 Å². The van der Waals surface area contributed by atoms with Gasteiger partial charge in [-0.05, 0) is 37.1 Å². The van der Waals surface area contributed by atoms with Crippen molar-refractivity contribution in [2.75, 3.05) is 13.2 Å². The average molecular weight is 319 g/mol. The lowest BCUT2D eigenvalue weighted by Crippen LogP contribution is -2.18. The van der Waals surface area contributed by atoms with Crippen LogP contribution < -0.4 is 0 Å². The number of hydrogen-bond donors (Lipinski definition) is 0. The Morgan fingerprint density at radius 2 is 2.10 bits per heavy atom. The van der Waals surface area contributed by atoms with Crippen LogP contribution in [0.1, 0.15) is 27.9 Å². The van der Waals surface area contributed by atoms with E-state index in [9.17, 15) is 13.2 Å². The molecule has 5 nitrogen and oxygen atoms in total. The summed E-state index contributed by atoms with van der Waals surface area (Å²) in [6.07, 6.45) is 0.372. The molecule has 1 aromatic rings. The smallest absolute Gasteiger partial charge is 0.338 e. The predicted molar refractivity (Wildman–Crippen MR) is 73.6 cm³/mol. The van der Waals surface area contributed by atoms with Gasteiger partial charge in [0.1, 0.15) is 6.10 Å². The van der Waals surface area contributed by atoms with E-state index >= 15 is 0 Å². The third-order valence-electron chi connectivity index (χ3n) is 3.28. The second kappa shape index (κ2) is 5.71. The molecule has 20 heavy (non-hydrogen) atoms. The molecule has 1 aliphatic heterocycles. The van der Waals surface area contributed by atoms with Crippen molar-refractivity contribution < 1.29 is 22.7 Å². The Bertz CT molecular complexity index is 632. The van der Waals surface area contributed by atoms with Gasteiger partial charge in [0, 0.05) is 17.1 Å². The minimum atomic E-state index is -3.90. The molecule has 1 aliphatic rings. The van der Waals surface area contributed by atoms with Crippen LogP contribution in [-0.2, 0) is 18.5 Å². The van der Waals surface area contributed by atoms with Gasteiger partial charge in [-0.15, -0.1) is 0 Å².